The van der Waals surface area contributed by atoms with Crippen LogP contribution < -0.4 is 0 Å². The van der Waals surface area contributed by atoms with Gasteiger partial charge in [0.15, 0.2) is 0 Å². The summed E-state index contributed by atoms with van der Waals surface area (Å²) in [6, 6.07) is 14.0. The molecule has 108 valence electrons. The summed E-state index contributed by atoms with van der Waals surface area (Å²) in [5, 5.41) is 0. The van der Waals surface area contributed by atoms with Crippen LogP contribution in [-0.2, 0) is 0 Å². The number of carbonyl (C=O) groups excluding carboxylic acids is 1. The first-order chi connectivity index (χ1) is 10.3. The highest BCUT2D eigenvalue weighted by molar-refractivity contribution is 5.95. The molecule has 1 atom stereocenters. The van der Waals surface area contributed by atoms with Crippen LogP contribution in [0.3, 0.4) is 0 Å². The van der Waals surface area contributed by atoms with Crippen molar-refractivity contribution < 1.29 is 4.79 Å². The van der Waals surface area contributed by atoms with Crippen LogP contribution in [0.5, 0.6) is 0 Å². The molecule has 1 aliphatic rings. The van der Waals surface area contributed by atoms with E-state index in [0.29, 0.717) is 6.04 Å². The summed E-state index contributed by atoms with van der Waals surface area (Å²) in [6.07, 6.45) is 5.23. The quantitative estimate of drug-likeness (QED) is 0.839. The van der Waals surface area contributed by atoms with Gasteiger partial charge >= 0.3 is 0 Å². The second-order valence-corrected chi connectivity index (χ2v) is 5.64. The van der Waals surface area contributed by atoms with Crippen LogP contribution in [0.1, 0.15) is 36.5 Å². The SMILES string of the molecule is CC1CCCCN1C(=O)c1ccc(-c2ccccn2)cc1. The van der Waals surface area contributed by atoms with Gasteiger partial charge in [-0.3, -0.25) is 9.78 Å². The molecule has 1 saturated heterocycles. The summed E-state index contributed by atoms with van der Waals surface area (Å²) in [4.78, 5) is 18.9. The molecule has 0 radical (unpaired) electrons. The molecule has 21 heavy (non-hydrogen) atoms. The van der Waals surface area contributed by atoms with Gasteiger partial charge in [0.05, 0.1) is 5.69 Å². The fraction of sp³-hybridized carbons (Fsp3) is 0.333. The highest BCUT2D eigenvalue weighted by atomic mass is 16.2. The van der Waals surface area contributed by atoms with Gasteiger partial charge in [0, 0.05) is 29.9 Å². The fourth-order valence-corrected chi connectivity index (χ4v) is 2.88. The molecule has 0 bridgehead atoms. The number of rotatable bonds is 2. The molecule has 3 rings (SSSR count). The fourth-order valence-electron chi connectivity index (χ4n) is 2.88. The zero-order valence-electron chi connectivity index (χ0n) is 12.3. The van der Waals surface area contributed by atoms with Crippen LogP contribution in [0.15, 0.2) is 48.7 Å². The molecule has 1 fully saturated rings. The van der Waals surface area contributed by atoms with E-state index in [2.05, 4.69) is 11.9 Å². The molecule has 0 spiro atoms. The lowest BCUT2D eigenvalue weighted by molar-refractivity contribution is 0.0635. The van der Waals surface area contributed by atoms with Crippen LogP contribution in [0.2, 0.25) is 0 Å². The second-order valence-electron chi connectivity index (χ2n) is 5.64. The van der Waals surface area contributed by atoms with Crippen LogP contribution in [-0.4, -0.2) is 28.4 Å². The minimum atomic E-state index is 0.148. The van der Waals surface area contributed by atoms with Gasteiger partial charge in [0.25, 0.3) is 5.91 Å². The van der Waals surface area contributed by atoms with Gasteiger partial charge in [-0.1, -0.05) is 18.2 Å². The molecular formula is C18H20N2O. The van der Waals surface area contributed by atoms with Crippen molar-refractivity contribution in [1.82, 2.24) is 9.88 Å². The first-order valence-electron chi connectivity index (χ1n) is 7.58. The topological polar surface area (TPSA) is 33.2 Å². The Labute approximate surface area is 125 Å². The predicted octanol–water partition coefficient (Wildman–Crippen LogP) is 3.76. The van der Waals surface area contributed by atoms with Crippen molar-refractivity contribution in [3.05, 3.63) is 54.2 Å². The molecule has 2 heterocycles. The van der Waals surface area contributed by atoms with E-state index in [1.807, 2.05) is 47.4 Å². The number of likely N-dealkylation sites (tertiary alicyclic amines) is 1. The average Bonchev–Trinajstić information content (AvgIpc) is 2.56. The third kappa shape index (κ3) is 2.97. The molecule has 3 heteroatoms. The minimum absolute atomic E-state index is 0.148. The maximum atomic E-state index is 12.6. The maximum Gasteiger partial charge on any atom is 0.254 e. The number of piperidine rings is 1. The highest BCUT2D eigenvalue weighted by Crippen LogP contribution is 2.21. The number of benzene rings is 1. The Hall–Kier alpha value is -2.16. The van der Waals surface area contributed by atoms with Crippen molar-refractivity contribution in [1.29, 1.82) is 0 Å². The molecule has 2 aromatic rings. The van der Waals surface area contributed by atoms with E-state index < -0.39 is 0 Å². The number of hydrogen-bond donors (Lipinski definition) is 0. The Morgan fingerprint density at radius 2 is 1.95 bits per heavy atom. The van der Waals surface area contributed by atoms with Gasteiger partial charge in [-0.05, 0) is 50.5 Å². The monoisotopic (exact) mass is 280 g/mol. The molecule has 0 saturated carbocycles. The van der Waals surface area contributed by atoms with Gasteiger partial charge in [-0.2, -0.15) is 0 Å². The van der Waals surface area contributed by atoms with Gasteiger partial charge < -0.3 is 4.90 Å². The van der Waals surface area contributed by atoms with E-state index in [1.165, 1.54) is 6.42 Å². The van der Waals surface area contributed by atoms with Crippen molar-refractivity contribution in [2.45, 2.75) is 32.2 Å². The van der Waals surface area contributed by atoms with E-state index in [1.54, 1.807) is 6.20 Å². The first kappa shape index (κ1) is 13.8. The molecule has 1 aliphatic heterocycles. The van der Waals surface area contributed by atoms with Crippen molar-refractivity contribution in [3.63, 3.8) is 0 Å². The van der Waals surface area contributed by atoms with Crippen molar-refractivity contribution in [2.24, 2.45) is 0 Å². The normalized spacial score (nSPS) is 18.5. The van der Waals surface area contributed by atoms with Gasteiger partial charge in [0.2, 0.25) is 0 Å². The molecule has 1 aromatic heterocycles. The summed E-state index contributed by atoms with van der Waals surface area (Å²) < 4.78 is 0. The second kappa shape index (κ2) is 6.08. The maximum absolute atomic E-state index is 12.6. The van der Waals surface area contributed by atoms with Crippen LogP contribution in [0.4, 0.5) is 0 Å². The van der Waals surface area contributed by atoms with Crippen LogP contribution >= 0.6 is 0 Å². The number of carbonyl (C=O) groups is 1. The molecule has 1 amide bonds. The molecule has 0 aliphatic carbocycles. The summed E-state index contributed by atoms with van der Waals surface area (Å²) in [5.74, 6) is 0.148. The van der Waals surface area contributed by atoms with Gasteiger partial charge in [0.1, 0.15) is 0 Å². The third-order valence-electron chi connectivity index (χ3n) is 4.16. The lowest BCUT2D eigenvalue weighted by atomic mass is 10.0. The van der Waals surface area contributed by atoms with Gasteiger partial charge in [-0.25, -0.2) is 0 Å². The van der Waals surface area contributed by atoms with Gasteiger partial charge in [-0.15, -0.1) is 0 Å². The van der Waals surface area contributed by atoms with E-state index >= 15 is 0 Å². The Kier molecular flexibility index (Phi) is 4.00. The Balaban J connectivity index is 1.79. The lowest BCUT2D eigenvalue weighted by Crippen LogP contribution is -2.41. The predicted molar refractivity (Wildman–Crippen MR) is 84.0 cm³/mol. The number of hydrogen-bond acceptors (Lipinski definition) is 2. The molecule has 1 aromatic carbocycles. The third-order valence-corrected chi connectivity index (χ3v) is 4.16. The van der Waals surface area contributed by atoms with E-state index in [0.717, 1.165) is 36.2 Å². The Bertz CT molecular complexity index is 607. The molecule has 1 unspecified atom stereocenters. The smallest absolute Gasteiger partial charge is 0.254 e. The zero-order chi connectivity index (χ0) is 14.7. The average molecular weight is 280 g/mol. The lowest BCUT2D eigenvalue weighted by Gasteiger charge is -2.33. The standard InChI is InChI=1S/C18H20N2O/c1-14-6-3-5-13-20(14)18(21)16-10-8-15(9-11-16)17-7-2-4-12-19-17/h2,4,7-12,14H,3,5-6,13H2,1H3. The number of aromatic nitrogens is 1. The van der Waals surface area contributed by atoms with E-state index in [-0.39, 0.29) is 5.91 Å². The number of amides is 1. The summed E-state index contributed by atoms with van der Waals surface area (Å²) in [6.45, 7) is 3.02. The molecular weight excluding hydrogens is 260 g/mol. The van der Waals surface area contributed by atoms with E-state index in [4.69, 9.17) is 0 Å². The minimum Gasteiger partial charge on any atom is -0.336 e. The first-order valence-corrected chi connectivity index (χ1v) is 7.58. The molecule has 0 N–H and O–H groups in total. The summed E-state index contributed by atoms with van der Waals surface area (Å²) in [7, 11) is 0. The van der Waals surface area contributed by atoms with Crippen LogP contribution in [0, 0.1) is 0 Å². The summed E-state index contributed by atoms with van der Waals surface area (Å²) >= 11 is 0. The largest absolute Gasteiger partial charge is 0.336 e. The number of pyridine rings is 1. The van der Waals surface area contributed by atoms with Crippen LogP contribution in [0.25, 0.3) is 11.3 Å². The van der Waals surface area contributed by atoms with E-state index in [9.17, 15) is 4.79 Å². The van der Waals surface area contributed by atoms with Crippen molar-refractivity contribution >= 4 is 5.91 Å². The molecule has 3 nitrogen and oxygen atoms in total. The number of nitrogens with zero attached hydrogens (tertiary/aromatic N) is 2. The Morgan fingerprint density at radius 3 is 2.62 bits per heavy atom. The zero-order valence-corrected chi connectivity index (χ0v) is 12.3. The Morgan fingerprint density at radius 1 is 1.14 bits per heavy atom. The summed E-state index contributed by atoms with van der Waals surface area (Å²) in [5.41, 5.74) is 2.74. The van der Waals surface area contributed by atoms with Crippen molar-refractivity contribution in [2.75, 3.05) is 6.54 Å². The highest BCUT2D eigenvalue weighted by Gasteiger charge is 2.23. The van der Waals surface area contributed by atoms with Crippen molar-refractivity contribution in [3.8, 4) is 11.3 Å².